The van der Waals surface area contributed by atoms with E-state index < -0.39 is 26.1 Å². The number of benzene rings is 4. The second-order valence-electron chi connectivity index (χ2n) is 9.00. The minimum Gasteiger partial charge on any atom is -0.222 e. The van der Waals surface area contributed by atoms with Gasteiger partial charge in [0.05, 0.1) is 0 Å². The van der Waals surface area contributed by atoms with E-state index in [1.54, 1.807) is 0 Å². The van der Waals surface area contributed by atoms with Gasteiger partial charge in [-0.25, -0.2) is 25.2 Å². The molecule has 0 aliphatic rings. The Kier molecular flexibility index (Phi) is 28.3. The molecule has 0 bridgehead atoms. The maximum Gasteiger partial charge on any atom is 0.00405 e. The van der Waals surface area contributed by atoms with Crippen LogP contribution in [0, 0.1) is 36.8 Å². The van der Waals surface area contributed by atoms with Gasteiger partial charge < -0.3 is 4.85 Å². The summed E-state index contributed by atoms with van der Waals surface area (Å²) in [6, 6.07) is 44.1. The number of rotatable bonds is 6. The van der Waals surface area contributed by atoms with Crippen molar-refractivity contribution in [3.63, 3.8) is 0 Å². The van der Waals surface area contributed by atoms with Gasteiger partial charge in [0.2, 0.25) is 5.54 Å². The summed E-state index contributed by atoms with van der Waals surface area (Å²) in [5.74, 6) is 1.17. The molecular formula is C33H31ClMnNO7P2-. The van der Waals surface area contributed by atoms with Crippen molar-refractivity contribution in [3.8, 4) is 0 Å². The summed E-state index contributed by atoms with van der Waals surface area (Å²) < 4.78 is 56.5. The average molecular weight is 706 g/mol. The van der Waals surface area contributed by atoms with Crippen LogP contribution in [0.25, 0.3) is 4.85 Å². The zero-order valence-electron chi connectivity index (χ0n) is 24.7. The van der Waals surface area contributed by atoms with Crippen LogP contribution in [0.2, 0.25) is 0 Å². The maximum atomic E-state index is 8.49. The number of nitrogens with zero attached hydrogens (tertiary/aromatic N) is 1. The van der Waals surface area contributed by atoms with Gasteiger partial charge in [-0.2, -0.15) is 0 Å². The minimum atomic E-state index is -4.94. The first kappa shape index (κ1) is 46.5. The summed E-state index contributed by atoms with van der Waals surface area (Å²) in [5.41, 5.74) is -0.167. The van der Waals surface area contributed by atoms with Gasteiger partial charge in [-0.05, 0) is 37.1 Å². The van der Waals surface area contributed by atoms with Crippen LogP contribution < -0.4 is 39.9 Å². The molecule has 0 unspecified atom stereocenters. The molecule has 0 aliphatic carbocycles. The maximum absolute atomic E-state index is 8.49. The van der Waals surface area contributed by atoms with Crippen LogP contribution in [0.5, 0.6) is 0 Å². The monoisotopic (exact) mass is 705 g/mol. The van der Waals surface area contributed by atoms with Crippen molar-refractivity contribution in [3.05, 3.63) is 153 Å². The molecule has 235 valence electrons. The molecule has 0 aliphatic heterocycles. The van der Waals surface area contributed by atoms with Crippen LogP contribution in [0.15, 0.2) is 121 Å². The summed E-state index contributed by atoms with van der Waals surface area (Å²) in [6.07, 6.45) is 0. The summed E-state index contributed by atoms with van der Waals surface area (Å²) in [6.45, 7) is 25.6. The fourth-order valence-electron chi connectivity index (χ4n) is 3.20. The van der Waals surface area contributed by atoms with Crippen LogP contribution >= 0.6 is 15.8 Å². The quantitative estimate of drug-likeness (QED) is 0.130. The first-order chi connectivity index (χ1) is 21.0. The van der Waals surface area contributed by atoms with E-state index in [4.69, 9.17) is 39.2 Å². The topological polar surface area (TPSA) is 156 Å². The van der Waals surface area contributed by atoms with Crippen molar-refractivity contribution in [1.29, 1.82) is 0 Å². The average Bonchev–Trinajstić information content (AvgIpc) is 3.05. The van der Waals surface area contributed by atoms with Crippen molar-refractivity contribution >= 4 is 37.1 Å². The molecule has 1 radical (unpaired) electrons. The van der Waals surface area contributed by atoms with E-state index in [-0.39, 0.29) is 22.6 Å². The number of halogens is 1. The summed E-state index contributed by atoms with van der Waals surface area (Å²) in [7, 11) is -5.76. The molecule has 0 saturated heterocycles. The molecule has 12 heteroatoms. The zero-order chi connectivity index (χ0) is 34.0. The molecule has 0 heterocycles. The Labute approximate surface area is 280 Å². The third-order valence-electron chi connectivity index (χ3n) is 4.89. The van der Waals surface area contributed by atoms with Crippen molar-refractivity contribution in [1.82, 2.24) is 0 Å². The third kappa shape index (κ3) is 23.1. The van der Waals surface area contributed by atoms with Crippen molar-refractivity contribution in [2.24, 2.45) is 0 Å². The smallest absolute Gasteiger partial charge is 0.00405 e. The molecule has 4 aromatic rings. The van der Waals surface area contributed by atoms with Crippen molar-refractivity contribution < 1.29 is 59.9 Å². The Morgan fingerprint density at radius 2 is 0.689 bits per heavy atom. The van der Waals surface area contributed by atoms with Crippen molar-refractivity contribution in [2.45, 2.75) is 26.3 Å². The molecule has 0 atom stereocenters. The Morgan fingerprint density at radius 3 is 0.822 bits per heavy atom. The standard InChI is InChI=1S/C25H22P2.C5H9N.3CO.ClHO4.Mn/c1-5-13-22(14-6-1)26(23-15-7-2-8-16-23)21-27(24-17-9-3-10-18-24)25-19-11-4-12-20-25;1-5(2,3)6-4;3*1-2;2-1(3,4)5;/h1-20H,21H2;1-3H3;;;;(H,2,3,4,5);/p-1. The molecule has 4 aromatic carbocycles. The van der Waals surface area contributed by atoms with E-state index in [1.807, 2.05) is 20.8 Å². The van der Waals surface area contributed by atoms with E-state index in [2.05, 4.69) is 146 Å². The Bertz CT molecular complexity index is 1200. The van der Waals surface area contributed by atoms with Crippen LogP contribution in [0.3, 0.4) is 0 Å². The molecule has 4 rings (SSSR count). The molecule has 0 spiro atoms. The first-order valence-electron chi connectivity index (χ1n) is 12.3. The summed E-state index contributed by atoms with van der Waals surface area (Å²) in [4.78, 5) is 3.27. The third-order valence-corrected chi connectivity index (χ3v) is 10.8. The number of hydrogen-bond acceptors (Lipinski definition) is 4. The predicted molar refractivity (Wildman–Crippen MR) is 161 cm³/mol. The Morgan fingerprint density at radius 1 is 0.533 bits per heavy atom. The first-order valence-corrected chi connectivity index (χ1v) is 16.6. The van der Waals surface area contributed by atoms with Crippen LogP contribution in [-0.2, 0) is 31.0 Å². The van der Waals surface area contributed by atoms with Gasteiger partial charge in [-0.1, -0.05) is 121 Å². The fourth-order valence-corrected chi connectivity index (χ4v) is 9.67. The van der Waals surface area contributed by atoms with E-state index in [0.29, 0.717) is 0 Å². The fraction of sp³-hybridized carbons (Fsp3) is 0.152. The second kappa shape index (κ2) is 27.4. The Hall–Kier alpha value is -2.90. The zero-order valence-corrected chi connectivity index (χ0v) is 28.4. The molecule has 8 nitrogen and oxygen atoms in total. The van der Waals surface area contributed by atoms with E-state index >= 15 is 0 Å². The molecule has 0 N–H and O–H groups in total. The second-order valence-corrected chi connectivity index (χ2v) is 14.7. The molecule has 45 heavy (non-hydrogen) atoms. The molecule has 0 saturated carbocycles. The van der Waals surface area contributed by atoms with E-state index in [1.165, 1.54) is 27.1 Å². The van der Waals surface area contributed by atoms with Gasteiger partial charge in [-0.15, -0.1) is 10.2 Å². The van der Waals surface area contributed by atoms with Gasteiger partial charge in [0.15, 0.2) is 0 Å². The van der Waals surface area contributed by atoms with Crippen LogP contribution in [0.1, 0.15) is 20.8 Å². The van der Waals surface area contributed by atoms with E-state index in [0.717, 1.165) is 0 Å². The van der Waals surface area contributed by atoms with E-state index in [9.17, 15) is 0 Å². The Balaban J connectivity index is -0.000000825. The predicted octanol–water partition coefficient (Wildman–Crippen LogP) is 2.04. The van der Waals surface area contributed by atoms with Crippen LogP contribution in [-0.4, -0.2) is 11.4 Å². The van der Waals surface area contributed by atoms with Gasteiger partial charge >= 0.3 is 33.9 Å². The number of hydrogen-bond donors (Lipinski definition) is 0. The normalized spacial score (nSPS) is 9.47. The molecule has 0 fully saturated rings. The molecular weight excluding hydrogens is 675 g/mol. The summed E-state index contributed by atoms with van der Waals surface area (Å²) >= 11 is 0. The minimum absolute atomic E-state index is 0. The summed E-state index contributed by atoms with van der Waals surface area (Å²) in [5, 5.41) is 5.83. The largest absolute Gasteiger partial charge is 0.222 e. The molecule has 0 amide bonds. The van der Waals surface area contributed by atoms with Crippen LogP contribution in [0.4, 0.5) is 0 Å². The van der Waals surface area contributed by atoms with Gasteiger partial charge in [0, 0.05) is 43.7 Å². The molecule has 0 aromatic heterocycles. The van der Waals surface area contributed by atoms with Gasteiger partial charge in [0.25, 0.3) is 0 Å². The SMILES string of the molecule is [C-]#[N+]C(C)(C)C.[C-]#[O+].[C-]#[O+].[C-]#[O+].[Mn].[O-][Cl+3]([O-])([O-])[O-].c1ccc(P(CP(c2ccccc2)c2ccccc2)c2ccccc2)cc1. The van der Waals surface area contributed by atoms with Crippen molar-refractivity contribution in [2.75, 3.05) is 5.90 Å². The van der Waals surface area contributed by atoms with Gasteiger partial charge in [0.1, 0.15) is 0 Å². The van der Waals surface area contributed by atoms with Gasteiger partial charge in [-0.3, -0.25) is 0 Å².